The second-order valence-corrected chi connectivity index (χ2v) is 9.70. The molecule has 1 saturated carbocycles. The summed E-state index contributed by atoms with van der Waals surface area (Å²) in [5.41, 5.74) is 1.34. The van der Waals surface area contributed by atoms with E-state index in [-0.39, 0.29) is 41.3 Å². The predicted octanol–water partition coefficient (Wildman–Crippen LogP) is 5.04. The number of anilines is 1. The van der Waals surface area contributed by atoms with E-state index in [9.17, 15) is 27.2 Å². The summed E-state index contributed by atoms with van der Waals surface area (Å²) in [6, 6.07) is 12.3. The van der Waals surface area contributed by atoms with Gasteiger partial charge < -0.3 is 20.0 Å². The van der Waals surface area contributed by atoms with Gasteiger partial charge in [-0.15, -0.1) is 0 Å². The van der Waals surface area contributed by atoms with Gasteiger partial charge in [0.15, 0.2) is 5.76 Å². The maximum Gasteiger partial charge on any atom is 0.416 e. The minimum atomic E-state index is -4.49. The highest BCUT2D eigenvalue weighted by atomic mass is 19.4. The van der Waals surface area contributed by atoms with Gasteiger partial charge in [-0.3, -0.25) is 9.59 Å². The number of nitrogens with one attached hydrogen (secondary N) is 2. The fourth-order valence-corrected chi connectivity index (χ4v) is 4.84. The largest absolute Gasteiger partial charge is 0.451 e. The number of carbonyl (C=O) groups is 2. The fraction of sp³-hybridized carbons (Fsp3) is 0.357. The Hall–Kier alpha value is -3.82. The van der Waals surface area contributed by atoms with Crippen LogP contribution in [0.2, 0.25) is 0 Å². The Morgan fingerprint density at radius 1 is 1.05 bits per heavy atom. The van der Waals surface area contributed by atoms with Gasteiger partial charge in [0.1, 0.15) is 11.6 Å². The van der Waals surface area contributed by atoms with Gasteiger partial charge in [0.25, 0.3) is 5.91 Å². The zero-order valence-electron chi connectivity index (χ0n) is 20.5. The first-order chi connectivity index (χ1) is 18.2. The first-order valence-electron chi connectivity index (χ1n) is 12.6. The van der Waals surface area contributed by atoms with Gasteiger partial charge in [-0.05, 0) is 73.2 Å². The highest BCUT2D eigenvalue weighted by molar-refractivity contribution is 5.92. The van der Waals surface area contributed by atoms with E-state index in [2.05, 4.69) is 15.5 Å². The summed E-state index contributed by atoms with van der Waals surface area (Å²) in [6.07, 6.45) is -1.92. The molecule has 200 valence electrons. The van der Waals surface area contributed by atoms with Crippen molar-refractivity contribution in [3.63, 3.8) is 0 Å². The minimum Gasteiger partial charge on any atom is -0.451 e. The van der Waals surface area contributed by atoms with Crippen molar-refractivity contribution >= 4 is 17.5 Å². The number of halogens is 4. The number of furan rings is 1. The molecule has 1 fully saturated rings. The molecule has 0 saturated heterocycles. The number of alkyl halides is 3. The van der Waals surface area contributed by atoms with Crippen LogP contribution in [0.3, 0.4) is 0 Å². The molecule has 2 aromatic carbocycles. The molecule has 0 spiro atoms. The van der Waals surface area contributed by atoms with Crippen molar-refractivity contribution in [3.8, 4) is 11.3 Å². The first-order valence-corrected chi connectivity index (χ1v) is 12.6. The molecular weight excluding hydrogens is 502 g/mol. The lowest BCUT2D eigenvalue weighted by Gasteiger charge is -2.21. The van der Waals surface area contributed by atoms with E-state index < -0.39 is 23.6 Å². The van der Waals surface area contributed by atoms with E-state index in [0.29, 0.717) is 13.1 Å². The van der Waals surface area contributed by atoms with E-state index in [1.807, 2.05) is 0 Å². The average molecular weight is 530 g/mol. The molecule has 38 heavy (non-hydrogen) atoms. The second-order valence-electron chi connectivity index (χ2n) is 9.70. The summed E-state index contributed by atoms with van der Waals surface area (Å²) < 4.78 is 58.0. The lowest BCUT2D eigenvalue weighted by Crippen LogP contribution is -2.42. The van der Waals surface area contributed by atoms with E-state index in [4.69, 9.17) is 4.42 Å². The molecule has 2 N–H and O–H groups in total. The lowest BCUT2D eigenvalue weighted by atomic mass is 10.0. The molecule has 3 aromatic rings. The lowest BCUT2D eigenvalue weighted by molar-refractivity contribution is -0.137. The number of nitrogens with zero attached hydrogens (tertiary/aromatic N) is 1. The molecule has 1 aliphatic carbocycles. The highest BCUT2D eigenvalue weighted by Gasteiger charge is 2.36. The van der Waals surface area contributed by atoms with Crippen LogP contribution in [0.5, 0.6) is 0 Å². The number of hydrogen-bond acceptors (Lipinski definition) is 4. The van der Waals surface area contributed by atoms with Gasteiger partial charge in [-0.1, -0.05) is 12.1 Å². The molecule has 5 rings (SSSR count). The van der Waals surface area contributed by atoms with Crippen molar-refractivity contribution < 1.29 is 31.6 Å². The van der Waals surface area contributed by atoms with Gasteiger partial charge in [-0.2, -0.15) is 13.2 Å². The Balaban J connectivity index is 1.14. The van der Waals surface area contributed by atoms with Crippen LogP contribution in [-0.2, 0) is 17.4 Å². The Labute approximate surface area is 217 Å². The Kier molecular flexibility index (Phi) is 7.14. The molecule has 2 amide bonds. The first kappa shape index (κ1) is 25.8. The summed E-state index contributed by atoms with van der Waals surface area (Å²) in [5, 5.41) is 5.69. The predicted molar refractivity (Wildman–Crippen MR) is 133 cm³/mol. The average Bonchev–Trinajstić information content (AvgIpc) is 3.45. The van der Waals surface area contributed by atoms with Crippen LogP contribution in [0.4, 0.5) is 23.2 Å². The summed E-state index contributed by atoms with van der Waals surface area (Å²) in [7, 11) is 0. The van der Waals surface area contributed by atoms with Crippen molar-refractivity contribution in [2.45, 2.75) is 25.4 Å². The maximum absolute atomic E-state index is 13.4. The number of rotatable bonds is 9. The Morgan fingerprint density at radius 2 is 1.87 bits per heavy atom. The van der Waals surface area contributed by atoms with E-state index in [1.54, 1.807) is 12.1 Å². The minimum absolute atomic E-state index is 0.0449. The molecule has 2 aliphatic rings. The molecule has 0 bridgehead atoms. The quantitative estimate of drug-likeness (QED) is 0.381. The third-order valence-electron chi connectivity index (χ3n) is 7.03. The normalized spacial score (nSPS) is 15.7. The van der Waals surface area contributed by atoms with Crippen molar-refractivity contribution in [1.29, 1.82) is 0 Å². The molecular formula is C28H27F4N3O3. The van der Waals surface area contributed by atoms with E-state index >= 15 is 0 Å². The van der Waals surface area contributed by atoms with Crippen LogP contribution < -0.4 is 15.5 Å². The van der Waals surface area contributed by atoms with Crippen molar-refractivity contribution in [3.05, 3.63) is 77.3 Å². The number of hydrogen-bond donors (Lipinski definition) is 2. The van der Waals surface area contributed by atoms with Crippen LogP contribution in [0, 0.1) is 17.7 Å². The van der Waals surface area contributed by atoms with Crippen molar-refractivity contribution in [2.75, 3.05) is 31.1 Å². The van der Waals surface area contributed by atoms with Gasteiger partial charge in [-0.25, -0.2) is 4.39 Å². The van der Waals surface area contributed by atoms with Crippen molar-refractivity contribution in [2.24, 2.45) is 11.8 Å². The summed E-state index contributed by atoms with van der Waals surface area (Å²) in [6.45, 7) is 1.91. The molecule has 6 nitrogen and oxygen atoms in total. The molecule has 2 heterocycles. The molecule has 0 radical (unpaired) electrons. The highest BCUT2D eigenvalue weighted by Crippen LogP contribution is 2.37. The SMILES string of the molecule is O=C(NC[C@H](C(=O)NCCN1CCc2cc(F)ccc21)C1CC1)c1ccc(-c2cccc(C(F)(F)F)c2)o1. The molecule has 1 atom stereocenters. The molecule has 1 aliphatic heterocycles. The Bertz CT molecular complexity index is 1330. The zero-order chi connectivity index (χ0) is 26.9. The summed E-state index contributed by atoms with van der Waals surface area (Å²) >= 11 is 0. The van der Waals surface area contributed by atoms with Crippen LogP contribution in [0.1, 0.15) is 34.5 Å². The van der Waals surface area contributed by atoms with E-state index in [1.165, 1.54) is 30.3 Å². The third kappa shape index (κ3) is 5.84. The van der Waals surface area contributed by atoms with Gasteiger partial charge in [0, 0.05) is 37.4 Å². The molecule has 0 unspecified atom stereocenters. The number of fused-ring (bicyclic) bond motifs is 1. The molecule has 10 heteroatoms. The molecule has 1 aromatic heterocycles. The summed E-state index contributed by atoms with van der Waals surface area (Å²) in [5.74, 6) is -1.05. The monoisotopic (exact) mass is 529 g/mol. The van der Waals surface area contributed by atoms with Gasteiger partial charge >= 0.3 is 6.18 Å². The summed E-state index contributed by atoms with van der Waals surface area (Å²) in [4.78, 5) is 27.7. The smallest absolute Gasteiger partial charge is 0.416 e. The van der Waals surface area contributed by atoms with Crippen LogP contribution in [-0.4, -0.2) is 38.0 Å². The van der Waals surface area contributed by atoms with Gasteiger partial charge in [0.2, 0.25) is 5.91 Å². The zero-order valence-corrected chi connectivity index (χ0v) is 20.5. The van der Waals surface area contributed by atoms with Crippen LogP contribution in [0.25, 0.3) is 11.3 Å². The van der Waals surface area contributed by atoms with E-state index in [0.717, 1.165) is 49.2 Å². The number of amides is 2. The topological polar surface area (TPSA) is 74.6 Å². The Morgan fingerprint density at radius 3 is 2.63 bits per heavy atom. The van der Waals surface area contributed by atoms with Crippen LogP contribution in [0.15, 0.2) is 59.0 Å². The fourth-order valence-electron chi connectivity index (χ4n) is 4.84. The van der Waals surface area contributed by atoms with Gasteiger partial charge in [0.05, 0.1) is 11.5 Å². The second kappa shape index (κ2) is 10.5. The van der Waals surface area contributed by atoms with Crippen LogP contribution >= 0.6 is 0 Å². The third-order valence-corrected chi connectivity index (χ3v) is 7.03. The van der Waals surface area contributed by atoms with Crippen molar-refractivity contribution in [1.82, 2.24) is 10.6 Å². The standard InChI is InChI=1S/C28H27F4N3O3/c29-21-6-7-23-18(15-21)10-12-35(23)13-11-33-26(36)22(17-4-5-17)16-34-27(37)25-9-8-24(38-25)19-2-1-3-20(14-19)28(30,31)32/h1-3,6-9,14-15,17,22H,4-5,10-13,16H2,(H,33,36)(H,34,37)/t22-/m0/s1. The number of benzene rings is 2. The maximum atomic E-state index is 13.4. The number of carbonyl (C=O) groups excluding carboxylic acids is 2.